The zero-order valence-corrected chi connectivity index (χ0v) is 17.0. The normalized spacial score (nSPS) is 11.7. The number of nitrogens with zero attached hydrogens (tertiary/aromatic N) is 2. The summed E-state index contributed by atoms with van der Waals surface area (Å²) in [5, 5.41) is 5.70. The Morgan fingerprint density at radius 3 is 2.72 bits per heavy atom. The number of carbonyl (C=O) groups is 2. The number of hydrogen-bond acceptors (Lipinski definition) is 4. The molecule has 0 saturated heterocycles. The lowest BCUT2D eigenvalue weighted by molar-refractivity contribution is -0.143. The van der Waals surface area contributed by atoms with Crippen LogP contribution in [-0.4, -0.2) is 34.7 Å². The predicted octanol–water partition coefficient (Wildman–Crippen LogP) is 3.46. The molecule has 0 aliphatic carbocycles. The van der Waals surface area contributed by atoms with E-state index in [-0.39, 0.29) is 17.8 Å². The minimum Gasteiger partial charge on any atom is -0.466 e. The summed E-state index contributed by atoms with van der Waals surface area (Å²) in [4.78, 5) is 27.9. The van der Waals surface area contributed by atoms with Crippen LogP contribution in [0.5, 0.6) is 0 Å². The van der Waals surface area contributed by atoms with E-state index in [4.69, 9.17) is 4.74 Å². The number of benzene rings is 1. The van der Waals surface area contributed by atoms with Gasteiger partial charge in [0, 0.05) is 32.4 Å². The second-order valence-corrected chi connectivity index (χ2v) is 6.75. The van der Waals surface area contributed by atoms with Crippen LogP contribution in [0.2, 0.25) is 0 Å². The molecule has 7 nitrogen and oxygen atoms in total. The number of urea groups is 1. The Morgan fingerprint density at radius 1 is 1.24 bits per heavy atom. The van der Waals surface area contributed by atoms with Gasteiger partial charge in [0.25, 0.3) is 0 Å². The molecular formula is C21H29FN4O3. The van der Waals surface area contributed by atoms with Gasteiger partial charge in [0.15, 0.2) is 0 Å². The topological polar surface area (TPSA) is 85.2 Å². The first kappa shape index (κ1) is 22.4. The molecule has 8 heteroatoms. The zero-order chi connectivity index (χ0) is 21.1. The van der Waals surface area contributed by atoms with E-state index >= 15 is 0 Å². The lowest BCUT2D eigenvalue weighted by atomic mass is 10.1. The molecule has 2 N–H and O–H groups in total. The Bertz CT molecular complexity index is 794. The number of rotatable bonds is 11. The molecule has 158 valence electrons. The van der Waals surface area contributed by atoms with E-state index < -0.39 is 6.04 Å². The van der Waals surface area contributed by atoms with Crippen molar-refractivity contribution in [2.45, 2.75) is 45.1 Å². The highest BCUT2D eigenvalue weighted by molar-refractivity contribution is 5.74. The summed E-state index contributed by atoms with van der Waals surface area (Å²) in [5.41, 5.74) is 0.619. The quantitative estimate of drug-likeness (QED) is 0.444. The van der Waals surface area contributed by atoms with Crippen molar-refractivity contribution in [3.63, 3.8) is 0 Å². The van der Waals surface area contributed by atoms with Gasteiger partial charge < -0.3 is 19.9 Å². The second kappa shape index (κ2) is 11.8. The molecule has 2 amide bonds. The number of imidazole rings is 1. The third-order valence-electron chi connectivity index (χ3n) is 4.47. The number of carbonyl (C=O) groups excluding carboxylic acids is 2. The molecule has 2 aromatic rings. The van der Waals surface area contributed by atoms with Gasteiger partial charge in [-0.05, 0) is 37.5 Å². The summed E-state index contributed by atoms with van der Waals surface area (Å²) in [6.45, 7) is 2.72. The van der Waals surface area contributed by atoms with Gasteiger partial charge in [0.05, 0.1) is 6.61 Å². The molecule has 1 atom stereocenters. The van der Waals surface area contributed by atoms with E-state index in [1.807, 2.05) is 7.05 Å². The van der Waals surface area contributed by atoms with Gasteiger partial charge in [0.2, 0.25) is 0 Å². The lowest BCUT2D eigenvalue weighted by Crippen LogP contribution is -2.39. The van der Waals surface area contributed by atoms with Crippen LogP contribution >= 0.6 is 0 Å². The second-order valence-electron chi connectivity index (χ2n) is 6.75. The first-order valence-corrected chi connectivity index (χ1v) is 9.94. The van der Waals surface area contributed by atoms with Crippen LogP contribution in [0.1, 0.15) is 56.5 Å². The number of esters is 1. The Balaban J connectivity index is 1.79. The Labute approximate surface area is 170 Å². The van der Waals surface area contributed by atoms with Crippen molar-refractivity contribution in [1.82, 2.24) is 20.2 Å². The standard InChI is InChI=1S/C21H29FN4O3/c1-3-29-18(27)11-6-4-5-7-12-24-21(28)25-19(20-23-13-14-26(20)2)16-9-8-10-17(22)15-16/h8-10,13-15,19H,3-7,11-12H2,1-2H3,(H2,24,25,28)/t19-/m0/s1. The van der Waals surface area contributed by atoms with E-state index in [9.17, 15) is 14.0 Å². The van der Waals surface area contributed by atoms with Crippen molar-refractivity contribution >= 4 is 12.0 Å². The molecule has 1 aromatic heterocycles. The molecule has 1 aromatic carbocycles. The summed E-state index contributed by atoms with van der Waals surface area (Å²) >= 11 is 0. The first-order valence-electron chi connectivity index (χ1n) is 9.94. The van der Waals surface area contributed by atoms with E-state index in [1.54, 1.807) is 36.0 Å². The molecule has 0 bridgehead atoms. The van der Waals surface area contributed by atoms with E-state index in [1.165, 1.54) is 12.1 Å². The van der Waals surface area contributed by atoms with Gasteiger partial charge in [-0.3, -0.25) is 4.79 Å². The Hall–Kier alpha value is -2.90. The van der Waals surface area contributed by atoms with Crippen LogP contribution in [-0.2, 0) is 16.6 Å². The molecule has 0 aliphatic rings. The number of aromatic nitrogens is 2. The third-order valence-corrected chi connectivity index (χ3v) is 4.47. The number of hydrogen-bond donors (Lipinski definition) is 2. The predicted molar refractivity (Wildman–Crippen MR) is 108 cm³/mol. The summed E-state index contributed by atoms with van der Waals surface area (Å²) in [6.07, 6.45) is 7.25. The van der Waals surface area contributed by atoms with Gasteiger partial charge in [-0.2, -0.15) is 0 Å². The van der Waals surface area contributed by atoms with Gasteiger partial charge >= 0.3 is 12.0 Å². The highest BCUT2D eigenvalue weighted by Crippen LogP contribution is 2.21. The molecule has 2 rings (SSSR count). The zero-order valence-electron chi connectivity index (χ0n) is 17.0. The first-order chi connectivity index (χ1) is 14.0. The maximum atomic E-state index is 13.7. The molecule has 0 unspecified atom stereocenters. The van der Waals surface area contributed by atoms with Gasteiger partial charge in [-0.15, -0.1) is 0 Å². The van der Waals surface area contributed by atoms with Crippen molar-refractivity contribution in [2.75, 3.05) is 13.2 Å². The molecule has 0 spiro atoms. The van der Waals surface area contributed by atoms with Gasteiger partial charge in [-0.25, -0.2) is 14.2 Å². The van der Waals surface area contributed by atoms with Crippen LogP contribution in [0.4, 0.5) is 9.18 Å². The Morgan fingerprint density at radius 2 is 2.03 bits per heavy atom. The number of halogens is 1. The molecular weight excluding hydrogens is 375 g/mol. The molecule has 29 heavy (non-hydrogen) atoms. The monoisotopic (exact) mass is 404 g/mol. The molecule has 0 fully saturated rings. The number of nitrogens with one attached hydrogen (secondary N) is 2. The minimum atomic E-state index is -0.560. The van der Waals surface area contributed by atoms with Crippen molar-refractivity contribution in [3.8, 4) is 0 Å². The van der Waals surface area contributed by atoms with Gasteiger partial charge in [0.1, 0.15) is 17.7 Å². The molecule has 1 heterocycles. The number of aryl methyl sites for hydroxylation is 1. The fraction of sp³-hybridized carbons (Fsp3) is 0.476. The van der Waals surface area contributed by atoms with Crippen LogP contribution in [0, 0.1) is 5.82 Å². The maximum absolute atomic E-state index is 13.7. The van der Waals surface area contributed by atoms with E-state index in [0.29, 0.717) is 31.0 Å². The van der Waals surface area contributed by atoms with Crippen molar-refractivity contribution in [3.05, 3.63) is 53.9 Å². The third kappa shape index (κ3) is 7.56. The van der Waals surface area contributed by atoms with Crippen molar-refractivity contribution < 1.29 is 18.7 Å². The summed E-state index contributed by atoms with van der Waals surface area (Å²) in [7, 11) is 1.82. The SMILES string of the molecule is CCOC(=O)CCCCCCNC(=O)N[C@@H](c1cccc(F)c1)c1nccn1C. The fourth-order valence-corrected chi connectivity index (χ4v) is 3.00. The van der Waals surface area contributed by atoms with Crippen LogP contribution in [0.25, 0.3) is 0 Å². The van der Waals surface area contributed by atoms with Crippen LogP contribution in [0.3, 0.4) is 0 Å². The molecule has 0 aliphatic heterocycles. The largest absolute Gasteiger partial charge is 0.466 e. The van der Waals surface area contributed by atoms with E-state index in [0.717, 1.165) is 25.7 Å². The molecule has 0 radical (unpaired) electrons. The van der Waals surface area contributed by atoms with Crippen molar-refractivity contribution in [1.29, 1.82) is 0 Å². The molecule has 0 saturated carbocycles. The summed E-state index contributed by atoms with van der Waals surface area (Å²) in [6, 6.07) is 5.22. The number of amides is 2. The number of ether oxygens (including phenoxy) is 1. The highest BCUT2D eigenvalue weighted by Gasteiger charge is 2.21. The average molecular weight is 404 g/mol. The average Bonchev–Trinajstić information content (AvgIpc) is 3.11. The highest BCUT2D eigenvalue weighted by atomic mass is 19.1. The van der Waals surface area contributed by atoms with Gasteiger partial charge in [-0.1, -0.05) is 25.0 Å². The van der Waals surface area contributed by atoms with Crippen molar-refractivity contribution in [2.24, 2.45) is 7.05 Å². The summed E-state index contributed by atoms with van der Waals surface area (Å²) < 4.78 is 20.3. The Kier molecular flexibility index (Phi) is 9.14. The van der Waals surface area contributed by atoms with Crippen LogP contribution < -0.4 is 10.6 Å². The fourth-order valence-electron chi connectivity index (χ4n) is 3.00. The maximum Gasteiger partial charge on any atom is 0.315 e. The van der Waals surface area contributed by atoms with Crippen LogP contribution in [0.15, 0.2) is 36.7 Å². The lowest BCUT2D eigenvalue weighted by Gasteiger charge is -2.19. The summed E-state index contributed by atoms with van der Waals surface area (Å²) in [5.74, 6) is 0.0825. The van der Waals surface area contributed by atoms with E-state index in [2.05, 4.69) is 15.6 Å². The smallest absolute Gasteiger partial charge is 0.315 e. The minimum absolute atomic E-state index is 0.164. The number of unbranched alkanes of at least 4 members (excludes halogenated alkanes) is 3.